The van der Waals surface area contributed by atoms with E-state index in [2.05, 4.69) is 15.4 Å². The molecule has 8 nitrogen and oxygen atoms in total. The summed E-state index contributed by atoms with van der Waals surface area (Å²) in [6.45, 7) is 2.44. The molecule has 0 radical (unpaired) electrons. The number of carbonyl (C=O) groups is 2. The summed E-state index contributed by atoms with van der Waals surface area (Å²) in [5, 5.41) is 6.91. The van der Waals surface area contributed by atoms with Gasteiger partial charge in [-0.05, 0) is 42.3 Å². The van der Waals surface area contributed by atoms with Crippen molar-refractivity contribution in [1.29, 1.82) is 0 Å². The zero-order valence-electron chi connectivity index (χ0n) is 18.8. The molecule has 0 aliphatic heterocycles. The van der Waals surface area contributed by atoms with Gasteiger partial charge >= 0.3 is 5.97 Å². The number of rotatable bonds is 8. The lowest BCUT2D eigenvalue weighted by molar-refractivity contribution is -0.125. The Bertz CT molecular complexity index is 1260. The van der Waals surface area contributed by atoms with E-state index >= 15 is 0 Å². The second kappa shape index (κ2) is 10.4. The van der Waals surface area contributed by atoms with Crippen LogP contribution in [0.2, 0.25) is 0 Å². The first kappa shape index (κ1) is 22.7. The van der Waals surface area contributed by atoms with E-state index in [1.54, 1.807) is 59.5 Å². The smallest absolute Gasteiger partial charge is 0.339 e. The molecule has 1 unspecified atom stereocenters. The van der Waals surface area contributed by atoms with Gasteiger partial charge in [0.2, 0.25) is 6.10 Å². The molecule has 0 saturated carbocycles. The number of aryl methyl sites for hydroxylation is 1. The predicted molar refractivity (Wildman–Crippen MR) is 127 cm³/mol. The van der Waals surface area contributed by atoms with Crippen LogP contribution in [0.4, 0.5) is 5.69 Å². The van der Waals surface area contributed by atoms with E-state index in [0.29, 0.717) is 29.1 Å². The summed E-state index contributed by atoms with van der Waals surface area (Å²) in [5.74, 6) is -0.571. The van der Waals surface area contributed by atoms with Gasteiger partial charge in [-0.15, -0.1) is 0 Å². The van der Waals surface area contributed by atoms with E-state index in [0.717, 1.165) is 11.1 Å². The minimum absolute atomic E-state index is 0.337. The quantitative estimate of drug-likeness (QED) is 0.400. The summed E-state index contributed by atoms with van der Waals surface area (Å²) in [5.41, 5.74) is 3.30. The maximum Gasteiger partial charge on any atom is 0.339 e. The SMILES string of the molecule is COc1ccc(C)cc1NC(=O)C(OC(=O)c1ccc(Cn2cncn2)cc1)c1ccccc1. The molecule has 172 valence electrons. The molecule has 1 atom stereocenters. The molecule has 4 aromatic rings. The molecular formula is C26H24N4O4. The topological polar surface area (TPSA) is 95.3 Å². The molecule has 1 N–H and O–H groups in total. The van der Waals surface area contributed by atoms with Gasteiger partial charge in [-0.1, -0.05) is 48.5 Å². The molecule has 0 saturated heterocycles. The van der Waals surface area contributed by atoms with Crippen LogP contribution in [0, 0.1) is 6.92 Å². The van der Waals surface area contributed by atoms with Crippen LogP contribution < -0.4 is 10.1 Å². The Labute approximate surface area is 197 Å². The Morgan fingerprint density at radius 1 is 1.03 bits per heavy atom. The van der Waals surface area contributed by atoms with E-state index in [-0.39, 0.29) is 0 Å². The highest BCUT2D eigenvalue weighted by molar-refractivity contribution is 5.99. The van der Waals surface area contributed by atoms with Crippen molar-refractivity contribution in [3.05, 3.63) is 108 Å². The zero-order chi connectivity index (χ0) is 23.9. The third-order valence-electron chi connectivity index (χ3n) is 5.18. The van der Waals surface area contributed by atoms with E-state index in [1.807, 2.05) is 31.2 Å². The fourth-order valence-corrected chi connectivity index (χ4v) is 3.44. The van der Waals surface area contributed by atoms with Crippen molar-refractivity contribution in [2.75, 3.05) is 12.4 Å². The molecule has 3 aromatic carbocycles. The summed E-state index contributed by atoms with van der Waals surface area (Å²) in [7, 11) is 1.53. The normalized spacial score (nSPS) is 11.5. The minimum Gasteiger partial charge on any atom is -0.495 e. The van der Waals surface area contributed by atoms with Crippen LogP contribution >= 0.6 is 0 Å². The van der Waals surface area contributed by atoms with E-state index in [9.17, 15) is 9.59 Å². The fraction of sp³-hybridized carbons (Fsp3) is 0.154. The van der Waals surface area contributed by atoms with Crippen LogP contribution in [0.1, 0.15) is 33.2 Å². The Hall–Kier alpha value is -4.46. The molecule has 0 aliphatic rings. The van der Waals surface area contributed by atoms with E-state index in [1.165, 1.54) is 13.4 Å². The van der Waals surface area contributed by atoms with Crippen molar-refractivity contribution < 1.29 is 19.1 Å². The fourth-order valence-electron chi connectivity index (χ4n) is 3.44. The van der Waals surface area contributed by atoms with E-state index in [4.69, 9.17) is 9.47 Å². The summed E-state index contributed by atoms with van der Waals surface area (Å²) in [4.78, 5) is 30.1. The van der Waals surface area contributed by atoms with Gasteiger partial charge in [-0.25, -0.2) is 14.5 Å². The van der Waals surface area contributed by atoms with Crippen molar-refractivity contribution in [1.82, 2.24) is 14.8 Å². The lowest BCUT2D eigenvalue weighted by Gasteiger charge is -2.19. The van der Waals surface area contributed by atoms with Crippen molar-refractivity contribution in [2.24, 2.45) is 0 Å². The van der Waals surface area contributed by atoms with Crippen molar-refractivity contribution in [3.8, 4) is 5.75 Å². The number of carbonyl (C=O) groups excluding carboxylic acids is 2. The molecule has 0 bridgehead atoms. The number of nitrogens with one attached hydrogen (secondary N) is 1. The minimum atomic E-state index is -1.14. The average Bonchev–Trinajstić information content (AvgIpc) is 3.36. The molecule has 1 aromatic heterocycles. The summed E-state index contributed by atoms with van der Waals surface area (Å²) < 4.78 is 12.7. The van der Waals surface area contributed by atoms with Gasteiger partial charge in [-0.2, -0.15) is 5.10 Å². The summed E-state index contributed by atoms with van der Waals surface area (Å²) in [6, 6.07) is 21.3. The zero-order valence-corrected chi connectivity index (χ0v) is 18.8. The molecule has 34 heavy (non-hydrogen) atoms. The van der Waals surface area contributed by atoms with Gasteiger partial charge < -0.3 is 14.8 Å². The van der Waals surface area contributed by atoms with Gasteiger partial charge in [-0.3, -0.25) is 4.79 Å². The molecule has 0 fully saturated rings. The molecule has 8 heteroatoms. The molecule has 4 rings (SSSR count). The monoisotopic (exact) mass is 456 g/mol. The van der Waals surface area contributed by atoms with Crippen LogP contribution in [0.15, 0.2) is 85.5 Å². The summed E-state index contributed by atoms with van der Waals surface area (Å²) in [6.07, 6.45) is 1.94. The number of aromatic nitrogens is 3. The number of methoxy groups -OCH3 is 1. The Balaban J connectivity index is 1.53. The Morgan fingerprint density at radius 3 is 2.47 bits per heavy atom. The number of esters is 1. The van der Waals surface area contributed by atoms with Crippen molar-refractivity contribution in [3.63, 3.8) is 0 Å². The van der Waals surface area contributed by atoms with Crippen LogP contribution in [0.3, 0.4) is 0 Å². The van der Waals surface area contributed by atoms with E-state index < -0.39 is 18.0 Å². The Kier molecular flexibility index (Phi) is 6.98. The largest absolute Gasteiger partial charge is 0.495 e. The van der Waals surface area contributed by atoms with Gasteiger partial charge in [0.05, 0.1) is 24.9 Å². The lowest BCUT2D eigenvalue weighted by Crippen LogP contribution is -2.26. The number of anilines is 1. The predicted octanol–water partition coefficient (Wildman–Crippen LogP) is 4.18. The maximum absolute atomic E-state index is 13.2. The number of amides is 1. The second-order valence-electron chi connectivity index (χ2n) is 7.68. The molecular weight excluding hydrogens is 432 g/mol. The highest BCUT2D eigenvalue weighted by Gasteiger charge is 2.26. The maximum atomic E-state index is 13.2. The second-order valence-corrected chi connectivity index (χ2v) is 7.68. The number of hydrogen-bond acceptors (Lipinski definition) is 6. The molecule has 0 aliphatic carbocycles. The lowest BCUT2D eigenvalue weighted by atomic mass is 10.1. The van der Waals surface area contributed by atoms with Crippen molar-refractivity contribution >= 4 is 17.6 Å². The van der Waals surface area contributed by atoms with Crippen LogP contribution in [-0.2, 0) is 16.1 Å². The number of hydrogen-bond donors (Lipinski definition) is 1. The first-order valence-corrected chi connectivity index (χ1v) is 10.7. The first-order valence-electron chi connectivity index (χ1n) is 10.7. The van der Waals surface area contributed by atoms with Crippen LogP contribution in [0.25, 0.3) is 0 Å². The number of benzene rings is 3. The molecule has 0 spiro atoms. The molecule has 1 amide bonds. The third kappa shape index (κ3) is 5.47. The van der Waals surface area contributed by atoms with Crippen LogP contribution in [0.5, 0.6) is 5.75 Å². The van der Waals surface area contributed by atoms with Crippen LogP contribution in [-0.4, -0.2) is 33.8 Å². The Morgan fingerprint density at radius 2 is 1.79 bits per heavy atom. The van der Waals surface area contributed by atoms with Gasteiger partial charge in [0.25, 0.3) is 5.91 Å². The first-order chi connectivity index (χ1) is 16.5. The molecule has 1 heterocycles. The standard InChI is InChI=1S/C26H24N4O4/c1-18-8-13-23(33-2)22(14-18)29-25(31)24(20-6-4-3-5-7-20)34-26(32)21-11-9-19(10-12-21)15-30-17-27-16-28-30/h3-14,16-17,24H,15H2,1-2H3,(H,29,31). The van der Waals surface area contributed by atoms with Gasteiger partial charge in [0.1, 0.15) is 18.4 Å². The highest BCUT2D eigenvalue weighted by atomic mass is 16.5. The average molecular weight is 457 g/mol. The van der Waals surface area contributed by atoms with Gasteiger partial charge in [0, 0.05) is 5.56 Å². The highest BCUT2D eigenvalue weighted by Crippen LogP contribution is 2.28. The third-order valence-corrected chi connectivity index (χ3v) is 5.18. The number of ether oxygens (including phenoxy) is 2. The van der Waals surface area contributed by atoms with Crippen molar-refractivity contribution in [2.45, 2.75) is 19.6 Å². The summed E-state index contributed by atoms with van der Waals surface area (Å²) >= 11 is 0. The number of nitrogens with zero attached hydrogens (tertiary/aromatic N) is 3. The van der Waals surface area contributed by atoms with Gasteiger partial charge in [0.15, 0.2) is 0 Å².